The highest BCUT2D eigenvalue weighted by Gasteiger charge is 2.51. The quantitative estimate of drug-likeness (QED) is 0.0191. The minimum atomic E-state index is -5.11. The van der Waals surface area contributed by atoms with Gasteiger partial charge in [-0.05, 0) is 12.8 Å². The molecule has 0 heterocycles. The second kappa shape index (κ2) is 41.8. The molecule has 0 radical (unpaired) electrons. The van der Waals surface area contributed by atoms with Crippen molar-refractivity contribution in [2.45, 2.75) is 301 Å². The van der Waals surface area contributed by atoms with Crippen LogP contribution in [0.3, 0.4) is 0 Å². The fourth-order valence-electron chi connectivity index (χ4n) is 8.64. The van der Waals surface area contributed by atoms with Gasteiger partial charge in [-0.1, -0.05) is 232 Å². The van der Waals surface area contributed by atoms with Crippen molar-refractivity contribution >= 4 is 19.8 Å². The Balaban J connectivity index is 2.34. The van der Waals surface area contributed by atoms with Crippen molar-refractivity contribution in [3.05, 3.63) is 0 Å². The molecule has 1 saturated carbocycles. The van der Waals surface area contributed by atoms with Gasteiger partial charge in [-0.3, -0.25) is 18.6 Å². The molecule has 1 fully saturated rings. The van der Waals surface area contributed by atoms with Crippen LogP contribution in [0.15, 0.2) is 0 Å². The second-order valence-corrected chi connectivity index (χ2v) is 20.5. The molecule has 1 aliphatic rings. The van der Waals surface area contributed by atoms with Gasteiger partial charge >= 0.3 is 19.8 Å². The fourth-order valence-corrected chi connectivity index (χ4v) is 9.62. The van der Waals surface area contributed by atoms with E-state index < -0.39 is 75.7 Å². The minimum Gasteiger partial charge on any atom is -0.462 e. The highest BCUT2D eigenvalue weighted by Crippen LogP contribution is 2.47. The predicted octanol–water partition coefficient (Wildman–Crippen LogP) is 11.6. The first-order valence-electron chi connectivity index (χ1n) is 26.8. The molecule has 386 valence electrons. The van der Waals surface area contributed by atoms with Crippen LogP contribution in [0.25, 0.3) is 0 Å². The van der Waals surface area contributed by atoms with Gasteiger partial charge in [0.25, 0.3) is 0 Å². The number of aliphatic hydroxyl groups is 5. The van der Waals surface area contributed by atoms with Gasteiger partial charge in [0.2, 0.25) is 0 Å². The smallest absolute Gasteiger partial charge is 0.462 e. The van der Waals surface area contributed by atoms with Crippen molar-refractivity contribution < 1.29 is 63.1 Å². The zero-order chi connectivity index (χ0) is 47.8. The lowest BCUT2D eigenvalue weighted by Gasteiger charge is -2.41. The van der Waals surface area contributed by atoms with E-state index in [0.29, 0.717) is 12.8 Å². The Morgan fingerprint density at radius 2 is 0.692 bits per heavy atom. The number of carbonyl (C=O) groups is 2. The Hall–Kier alpha value is -1.15. The van der Waals surface area contributed by atoms with E-state index in [2.05, 4.69) is 13.8 Å². The summed E-state index contributed by atoms with van der Waals surface area (Å²) >= 11 is 0. The number of carbonyl (C=O) groups excluding carboxylic acids is 2. The first kappa shape index (κ1) is 61.9. The minimum absolute atomic E-state index is 0.106. The lowest BCUT2D eigenvalue weighted by atomic mass is 9.85. The summed E-state index contributed by atoms with van der Waals surface area (Å²) in [4.78, 5) is 35.8. The molecule has 0 aromatic rings. The van der Waals surface area contributed by atoms with E-state index in [1.165, 1.54) is 180 Å². The van der Waals surface area contributed by atoms with Crippen molar-refractivity contribution in [1.29, 1.82) is 0 Å². The normalized spacial score (nSPS) is 21.3. The molecule has 0 spiro atoms. The van der Waals surface area contributed by atoms with Crippen LogP contribution in [0, 0.1) is 0 Å². The average Bonchev–Trinajstić information content (AvgIpc) is 3.29. The van der Waals surface area contributed by atoms with Crippen molar-refractivity contribution in [3.63, 3.8) is 0 Å². The van der Waals surface area contributed by atoms with Crippen LogP contribution in [-0.2, 0) is 32.7 Å². The first-order chi connectivity index (χ1) is 31.4. The molecule has 0 saturated heterocycles. The second-order valence-electron chi connectivity index (χ2n) is 19.1. The molecule has 1 aliphatic carbocycles. The first-order valence-corrected chi connectivity index (χ1v) is 28.3. The number of rotatable bonds is 46. The maximum absolute atomic E-state index is 12.8. The molecule has 0 aromatic heterocycles. The summed E-state index contributed by atoms with van der Waals surface area (Å²) in [6.07, 6.45) is 31.5. The Bertz CT molecular complexity index is 1150. The fraction of sp³-hybridized carbons (Fsp3) is 0.961. The number of ether oxygens (including phenoxy) is 2. The molecule has 6 N–H and O–H groups in total. The zero-order valence-electron chi connectivity index (χ0n) is 41.3. The Morgan fingerprint density at radius 1 is 0.415 bits per heavy atom. The molecule has 0 aliphatic heterocycles. The SMILES string of the molecule is CCCCCCCCCCCCCCCCCCCCCCCCC(=O)O[C@H](COC(=O)CCCCCCCCCCCCCCCC)COP(=O)(O)OC1C(O)C(O)C(O)[C@@H](O)C1O. The molecule has 13 nitrogen and oxygen atoms in total. The number of unbranched alkanes of at least 4 members (excludes halogenated alkanes) is 34. The van der Waals surface area contributed by atoms with E-state index in [9.17, 15) is 44.6 Å². The van der Waals surface area contributed by atoms with E-state index in [1.54, 1.807) is 0 Å². The molecule has 1 rings (SSSR count). The summed E-state index contributed by atoms with van der Waals surface area (Å²) in [7, 11) is -5.11. The Labute approximate surface area is 395 Å². The van der Waals surface area contributed by atoms with Gasteiger partial charge in [0.1, 0.15) is 43.2 Å². The Morgan fingerprint density at radius 3 is 1.02 bits per heavy atom. The third-order valence-corrected chi connectivity index (χ3v) is 13.9. The van der Waals surface area contributed by atoms with Gasteiger partial charge in [-0.25, -0.2) is 4.57 Å². The van der Waals surface area contributed by atoms with Gasteiger partial charge in [0, 0.05) is 12.8 Å². The highest BCUT2D eigenvalue weighted by molar-refractivity contribution is 7.47. The number of hydrogen-bond donors (Lipinski definition) is 6. The summed E-state index contributed by atoms with van der Waals surface area (Å²) in [6.45, 7) is 3.35. The van der Waals surface area contributed by atoms with E-state index in [4.69, 9.17) is 18.5 Å². The van der Waals surface area contributed by atoms with Crippen molar-refractivity contribution in [1.82, 2.24) is 0 Å². The van der Waals surface area contributed by atoms with Crippen LogP contribution in [-0.4, -0.2) is 98.3 Å². The van der Waals surface area contributed by atoms with Crippen molar-refractivity contribution in [2.75, 3.05) is 13.2 Å². The molecule has 14 heteroatoms. The van der Waals surface area contributed by atoms with E-state index in [-0.39, 0.29) is 12.8 Å². The molecule has 0 aromatic carbocycles. The van der Waals surface area contributed by atoms with Crippen LogP contribution in [0.4, 0.5) is 0 Å². The van der Waals surface area contributed by atoms with Crippen LogP contribution in [0.1, 0.15) is 258 Å². The number of phosphoric ester groups is 1. The van der Waals surface area contributed by atoms with Crippen LogP contribution >= 0.6 is 7.82 Å². The number of esters is 2. The molecule has 6 unspecified atom stereocenters. The topological polar surface area (TPSA) is 210 Å². The zero-order valence-corrected chi connectivity index (χ0v) is 42.2. The summed E-state index contributed by atoms with van der Waals surface area (Å²) in [5, 5.41) is 50.3. The lowest BCUT2D eigenvalue weighted by Crippen LogP contribution is -2.64. The number of hydrogen-bond acceptors (Lipinski definition) is 12. The van der Waals surface area contributed by atoms with Gasteiger partial charge in [0.05, 0.1) is 6.61 Å². The molecular weight excluding hydrogens is 852 g/mol. The largest absolute Gasteiger partial charge is 0.472 e. The highest BCUT2D eigenvalue weighted by atomic mass is 31.2. The van der Waals surface area contributed by atoms with Crippen LogP contribution < -0.4 is 0 Å². The summed E-state index contributed by atoms with van der Waals surface area (Å²) < 4.78 is 33.7. The molecule has 0 bridgehead atoms. The summed E-state index contributed by atoms with van der Waals surface area (Å²) in [6, 6.07) is 0. The van der Waals surface area contributed by atoms with Crippen LogP contribution in [0.5, 0.6) is 0 Å². The molecule has 0 amide bonds. The third-order valence-electron chi connectivity index (χ3n) is 12.9. The van der Waals surface area contributed by atoms with Crippen molar-refractivity contribution in [3.8, 4) is 0 Å². The molecular formula is C51H99O13P. The van der Waals surface area contributed by atoms with E-state index in [1.807, 2.05) is 0 Å². The monoisotopic (exact) mass is 951 g/mol. The van der Waals surface area contributed by atoms with Gasteiger partial charge < -0.3 is 39.9 Å². The third kappa shape index (κ3) is 33.9. The van der Waals surface area contributed by atoms with E-state index >= 15 is 0 Å². The predicted molar refractivity (Wildman–Crippen MR) is 258 cm³/mol. The summed E-state index contributed by atoms with van der Waals surface area (Å²) in [5.41, 5.74) is 0. The molecule has 65 heavy (non-hydrogen) atoms. The standard InChI is InChI=1S/C51H99O13P/c1-3-5-7-9-11-13-15-17-19-20-21-22-23-24-25-26-28-30-32-34-36-38-40-45(53)63-43(42-62-65(59,60)64-51-49(57)47(55)46(54)48(56)50(51)58)41-61-44(52)39-37-35-33-31-29-27-18-16-14-12-10-8-6-4-2/h43,46-51,54-58H,3-42H2,1-2H3,(H,59,60)/t43-,46?,47-,48?,49?,50?,51?/m1/s1. The summed E-state index contributed by atoms with van der Waals surface area (Å²) in [5.74, 6) is -1.08. The van der Waals surface area contributed by atoms with Gasteiger partial charge in [0.15, 0.2) is 6.10 Å². The van der Waals surface area contributed by atoms with Crippen molar-refractivity contribution in [2.24, 2.45) is 0 Å². The van der Waals surface area contributed by atoms with Crippen LogP contribution in [0.2, 0.25) is 0 Å². The number of phosphoric acid groups is 1. The maximum Gasteiger partial charge on any atom is 0.472 e. The van der Waals surface area contributed by atoms with E-state index in [0.717, 1.165) is 38.5 Å². The Kier molecular flexibility index (Phi) is 39.8. The lowest BCUT2D eigenvalue weighted by molar-refractivity contribution is -0.220. The average molecular weight is 951 g/mol. The number of aliphatic hydroxyl groups excluding tert-OH is 5. The van der Waals surface area contributed by atoms with Gasteiger partial charge in [-0.15, -0.1) is 0 Å². The van der Waals surface area contributed by atoms with Gasteiger partial charge in [-0.2, -0.15) is 0 Å². The molecule has 8 atom stereocenters. The maximum atomic E-state index is 12.8.